The fraction of sp³-hybridized carbons (Fsp3) is 0.263. The van der Waals surface area contributed by atoms with Crippen molar-refractivity contribution in [1.29, 1.82) is 0 Å². The second kappa shape index (κ2) is 6.74. The molecule has 1 N–H and O–H groups in total. The molecule has 0 fully saturated rings. The van der Waals surface area contributed by atoms with Crippen molar-refractivity contribution >= 4 is 17.6 Å². The first-order chi connectivity index (χ1) is 11.6. The number of amides is 1. The predicted octanol–water partition coefficient (Wildman–Crippen LogP) is 3.11. The Morgan fingerprint density at radius 2 is 2.08 bits per heavy atom. The van der Waals surface area contributed by atoms with Gasteiger partial charge in [0.15, 0.2) is 6.10 Å². The maximum Gasteiger partial charge on any atom is 0.339 e. The number of benzene rings is 2. The van der Waals surface area contributed by atoms with Crippen molar-refractivity contribution in [2.45, 2.75) is 26.4 Å². The third kappa shape index (κ3) is 3.25. The number of carbonyl (C=O) groups excluding carboxylic acids is 2. The highest BCUT2D eigenvalue weighted by molar-refractivity contribution is 6.00. The number of esters is 1. The van der Waals surface area contributed by atoms with Gasteiger partial charge < -0.3 is 14.8 Å². The van der Waals surface area contributed by atoms with Crippen LogP contribution in [0.15, 0.2) is 42.5 Å². The third-order valence-corrected chi connectivity index (χ3v) is 3.87. The van der Waals surface area contributed by atoms with Gasteiger partial charge in [0.05, 0.1) is 17.9 Å². The summed E-state index contributed by atoms with van der Waals surface area (Å²) in [6, 6.07) is 12.7. The van der Waals surface area contributed by atoms with Crippen molar-refractivity contribution in [2.75, 3.05) is 11.9 Å². The molecule has 1 aliphatic heterocycles. The molecule has 2 aromatic carbocycles. The summed E-state index contributed by atoms with van der Waals surface area (Å²) in [6.45, 7) is 4.33. The van der Waals surface area contributed by atoms with Gasteiger partial charge in [-0.2, -0.15) is 0 Å². The molecule has 1 heterocycles. The number of ether oxygens (including phenoxy) is 2. The van der Waals surface area contributed by atoms with Gasteiger partial charge in [-0.05, 0) is 37.6 Å². The Bertz CT molecular complexity index is 785. The van der Waals surface area contributed by atoms with Gasteiger partial charge in [-0.15, -0.1) is 0 Å². The molecule has 0 saturated carbocycles. The molecule has 0 aliphatic carbocycles. The molecule has 0 aromatic heterocycles. The molecule has 0 radical (unpaired) electrons. The monoisotopic (exact) mass is 325 g/mol. The van der Waals surface area contributed by atoms with E-state index in [0.717, 1.165) is 11.1 Å². The summed E-state index contributed by atoms with van der Waals surface area (Å²) >= 11 is 0. The lowest BCUT2D eigenvalue weighted by molar-refractivity contribution is -0.125. The molecular formula is C19H19NO4. The van der Waals surface area contributed by atoms with Crippen molar-refractivity contribution < 1.29 is 19.1 Å². The quantitative estimate of drug-likeness (QED) is 0.877. The summed E-state index contributed by atoms with van der Waals surface area (Å²) in [7, 11) is 0. The largest absolute Gasteiger partial charge is 0.492 e. The number of cyclic esters (lactones) is 1. The van der Waals surface area contributed by atoms with Crippen molar-refractivity contribution in [2.24, 2.45) is 0 Å². The number of rotatable bonds is 4. The summed E-state index contributed by atoms with van der Waals surface area (Å²) in [5, 5.41) is 2.79. The molecule has 0 spiro atoms. The molecule has 3 rings (SSSR count). The van der Waals surface area contributed by atoms with E-state index in [1.807, 2.05) is 38.1 Å². The molecule has 1 unspecified atom stereocenters. The van der Waals surface area contributed by atoms with Crippen LogP contribution in [0.3, 0.4) is 0 Å². The van der Waals surface area contributed by atoms with Gasteiger partial charge in [0.2, 0.25) is 0 Å². The molecule has 1 aliphatic rings. The van der Waals surface area contributed by atoms with E-state index < -0.39 is 12.1 Å². The number of carbonyl (C=O) groups is 2. The van der Waals surface area contributed by atoms with Crippen molar-refractivity contribution in [3.63, 3.8) is 0 Å². The smallest absolute Gasteiger partial charge is 0.339 e. The normalized spacial score (nSPS) is 16.1. The summed E-state index contributed by atoms with van der Waals surface area (Å²) in [5.74, 6) is -0.233. The van der Waals surface area contributed by atoms with E-state index in [2.05, 4.69) is 5.32 Å². The Kier molecular flexibility index (Phi) is 4.51. The minimum Gasteiger partial charge on any atom is -0.492 e. The van der Waals surface area contributed by atoms with Crippen molar-refractivity contribution in [1.82, 2.24) is 0 Å². The molecule has 1 atom stereocenters. The second-order valence-corrected chi connectivity index (χ2v) is 5.68. The SMILES string of the molecule is CCOc1ccccc1NC(=O)C1Cc2cc(C)ccc2C(=O)O1. The van der Waals surface area contributed by atoms with Gasteiger partial charge in [-0.25, -0.2) is 4.79 Å². The highest BCUT2D eigenvalue weighted by atomic mass is 16.5. The molecule has 5 heteroatoms. The molecule has 2 aromatic rings. The van der Waals surface area contributed by atoms with E-state index in [9.17, 15) is 9.59 Å². The zero-order valence-corrected chi connectivity index (χ0v) is 13.7. The molecule has 124 valence electrons. The lowest BCUT2D eigenvalue weighted by atomic mass is 9.96. The summed E-state index contributed by atoms with van der Waals surface area (Å²) in [5.41, 5.74) is 2.98. The number of hydrogen-bond acceptors (Lipinski definition) is 4. The maximum absolute atomic E-state index is 12.5. The predicted molar refractivity (Wildman–Crippen MR) is 90.3 cm³/mol. The van der Waals surface area contributed by atoms with Crippen LogP contribution in [0.4, 0.5) is 5.69 Å². The molecule has 24 heavy (non-hydrogen) atoms. The van der Waals surface area contributed by atoms with Crippen LogP contribution in [0, 0.1) is 6.92 Å². The Morgan fingerprint density at radius 1 is 1.29 bits per heavy atom. The first kappa shape index (κ1) is 16.1. The minimum atomic E-state index is -0.846. The highest BCUT2D eigenvalue weighted by Gasteiger charge is 2.31. The first-order valence-electron chi connectivity index (χ1n) is 7.91. The molecule has 0 saturated heterocycles. The van der Waals surface area contributed by atoms with Gasteiger partial charge in [-0.1, -0.05) is 29.8 Å². The number of aryl methyl sites for hydroxylation is 1. The van der Waals surface area contributed by atoms with Crippen LogP contribution < -0.4 is 10.1 Å². The topological polar surface area (TPSA) is 64.6 Å². The second-order valence-electron chi connectivity index (χ2n) is 5.68. The number of hydrogen-bond donors (Lipinski definition) is 1. The molecule has 5 nitrogen and oxygen atoms in total. The Balaban J connectivity index is 1.78. The van der Waals surface area contributed by atoms with E-state index in [4.69, 9.17) is 9.47 Å². The van der Waals surface area contributed by atoms with Crippen LogP contribution in [-0.2, 0) is 16.0 Å². The summed E-state index contributed by atoms with van der Waals surface area (Å²) in [6.07, 6.45) is -0.479. The van der Waals surface area contributed by atoms with Crippen LogP contribution in [0.2, 0.25) is 0 Å². The zero-order chi connectivity index (χ0) is 17.1. The standard InChI is InChI=1S/C19H19NO4/c1-3-23-16-7-5-4-6-15(16)20-18(21)17-11-13-10-12(2)8-9-14(13)19(22)24-17/h4-10,17H,3,11H2,1-2H3,(H,20,21). The van der Waals surface area contributed by atoms with Gasteiger partial charge in [0, 0.05) is 6.42 Å². The summed E-state index contributed by atoms with van der Waals surface area (Å²) < 4.78 is 10.8. The first-order valence-corrected chi connectivity index (χ1v) is 7.91. The fourth-order valence-electron chi connectivity index (χ4n) is 2.74. The minimum absolute atomic E-state index is 0.359. The van der Waals surface area contributed by atoms with E-state index in [-0.39, 0.29) is 5.91 Å². The number of para-hydroxylation sites is 2. The number of anilines is 1. The highest BCUT2D eigenvalue weighted by Crippen LogP contribution is 2.26. The van der Waals surface area contributed by atoms with Crippen molar-refractivity contribution in [3.05, 3.63) is 59.2 Å². The number of fused-ring (bicyclic) bond motifs is 1. The average Bonchev–Trinajstić information content (AvgIpc) is 2.56. The molecule has 1 amide bonds. The van der Waals surface area contributed by atoms with E-state index in [0.29, 0.717) is 30.0 Å². The lowest BCUT2D eigenvalue weighted by Gasteiger charge is -2.24. The van der Waals surface area contributed by atoms with Crippen LogP contribution in [0.1, 0.15) is 28.4 Å². The fourth-order valence-corrected chi connectivity index (χ4v) is 2.74. The molecular weight excluding hydrogens is 306 g/mol. The van der Waals surface area contributed by atoms with Gasteiger partial charge in [0.1, 0.15) is 5.75 Å². The number of nitrogens with one attached hydrogen (secondary N) is 1. The van der Waals surface area contributed by atoms with Crippen LogP contribution in [0.25, 0.3) is 0 Å². The summed E-state index contributed by atoms with van der Waals surface area (Å²) in [4.78, 5) is 24.6. The Labute approximate surface area is 140 Å². The van der Waals surface area contributed by atoms with Gasteiger partial charge >= 0.3 is 5.97 Å². The van der Waals surface area contributed by atoms with Gasteiger partial charge in [-0.3, -0.25) is 4.79 Å². The van der Waals surface area contributed by atoms with E-state index >= 15 is 0 Å². The van der Waals surface area contributed by atoms with Crippen molar-refractivity contribution in [3.8, 4) is 5.75 Å². The van der Waals surface area contributed by atoms with Crippen LogP contribution in [-0.4, -0.2) is 24.6 Å². The van der Waals surface area contributed by atoms with Crippen LogP contribution in [0.5, 0.6) is 5.75 Å². The Morgan fingerprint density at radius 3 is 2.88 bits per heavy atom. The zero-order valence-electron chi connectivity index (χ0n) is 13.7. The Hall–Kier alpha value is -2.82. The molecule has 0 bridgehead atoms. The van der Waals surface area contributed by atoms with Crippen LogP contribution >= 0.6 is 0 Å². The lowest BCUT2D eigenvalue weighted by Crippen LogP contribution is -2.38. The third-order valence-electron chi connectivity index (χ3n) is 3.87. The van der Waals surface area contributed by atoms with E-state index in [1.165, 1.54) is 0 Å². The average molecular weight is 325 g/mol. The van der Waals surface area contributed by atoms with Gasteiger partial charge in [0.25, 0.3) is 5.91 Å². The maximum atomic E-state index is 12.5. The van der Waals surface area contributed by atoms with E-state index in [1.54, 1.807) is 18.2 Å².